The summed E-state index contributed by atoms with van der Waals surface area (Å²) in [6.45, 7) is 3.08. The van der Waals surface area contributed by atoms with Crippen molar-refractivity contribution in [3.63, 3.8) is 0 Å². The number of ether oxygens (including phenoxy) is 2. The van der Waals surface area contributed by atoms with Crippen LogP contribution in [0.1, 0.15) is 23.6 Å². The maximum Gasteiger partial charge on any atom is 0.156 e. The van der Waals surface area contributed by atoms with Gasteiger partial charge in [0.2, 0.25) is 0 Å². The number of anilines is 2. The highest BCUT2D eigenvalue weighted by molar-refractivity contribution is 5.88. The van der Waals surface area contributed by atoms with E-state index in [4.69, 9.17) is 14.5 Å². The van der Waals surface area contributed by atoms with Gasteiger partial charge < -0.3 is 24.7 Å². The fraction of sp³-hybridized carbons (Fsp3) is 0.280. The minimum absolute atomic E-state index is 0.217. The molecule has 2 N–H and O–H groups in total. The van der Waals surface area contributed by atoms with Gasteiger partial charge in [0.05, 0.1) is 26.1 Å². The zero-order valence-corrected chi connectivity index (χ0v) is 19.3. The van der Waals surface area contributed by atoms with E-state index in [0.717, 1.165) is 45.6 Å². The quantitative estimate of drug-likeness (QED) is 0.378. The average molecular weight is 450 g/mol. The molecule has 4 aromatic rings. The van der Waals surface area contributed by atoms with E-state index < -0.39 is 0 Å². The topological polar surface area (TPSA) is 73.2 Å². The number of halogens is 1. The molecule has 0 atom stereocenters. The number of hydrogen-bond acceptors (Lipinski definition) is 6. The van der Waals surface area contributed by atoms with E-state index in [9.17, 15) is 4.39 Å². The van der Waals surface area contributed by atoms with E-state index in [-0.39, 0.29) is 5.82 Å². The van der Waals surface area contributed by atoms with E-state index in [1.807, 2.05) is 48.9 Å². The lowest BCUT2D eigenvalue weighted by molar-refractivity contribution is 0.391. The van der Waals surface area contributed by atoms with Crippen LogP contribution < -0.4 is 20.1 Å². The number of imidazole rings is 1. The lowest BCUT2D eigenvalue weighted by Crippen LogP contribution is -2.08. The van der Waals surface area contributed by atoms with E-state index in [0.29, 0.717) is 24.7 Å². The lowest BCUT2D eigenvalue weighted by atomic mass is 10.1. The Bertz CT molecular complexity index is 1270. The third-order valence-corrected chi connectivity index (χ3v) is 5.66. The molecule has 33 heavy (non-hydrogen) atoms. The van der Waals surface area contributed by atoms with Crippen LogP contribution in [0, 0.1) is 5.82 Å². The summed E-state index contributed by atoms with van der Waals surface area (Å²) in [7, 11) is 5.21. The molecule has 0 aliphatic heterocycles. The fourth-order valence-corrected chi connectivity index (χ4v) is 3.80. The third-order valence-electron chi connectivity index (χ3n) is 5.66. The van der Waals surface area contributed by atoms with Crippen LogP contribution in [-0.2, 0) is 26.6 Å². The highest BCUT2D eigenvalue weighted by atomic mass is 19.1. The van der Waals surface area contributed by atoms with E-state index >= 15 is 0 Å². The predicted octanol–water partition coefficient (Wildman–Crippen LogP) is 4.91. The second kappa shape index (κ2) is 9.77. The van der Waals surface area contributed by atoms with Crippen molar-refractivity contribution in [1.82, 2.24) is 14.5 Å². The van der Waals surface area contributed by atoms with Crippen molar-refractivity contribution in [2.24, 2.45) is 7.05 Å². The average Bonchev–Trinajstić information content (AvgIpc) is 3.22. The van der Waals surface area contributed by atoms with Crippen molar-refractivity contribution >= 4 is 22.7 Å². The van der Waals surface area contributed by atoms with E-state index in [2.05, 4.69) is 15.6 Å². The number of methoxy groups -OCH3 is 2. The molecule has 8 heteroatoms. The van der Waals surface area contributed by atoms with Gasteiger partial charge in [-0.3, -0.25) is 0 Å². The van der Waals surface area contributed by atoms with Gasteiger partial charge in [0.1, 0.15) is 28.7 Å². The maximum absolute atomic E-state index is 13.6. The first-order valence-electron chi connectivity index (χ1n) is 10.8. The van der Waals surface area contributed by atoms with Gasteiger partial charge in [-0.25, -0.2) is 14.4 Å². The van der Waals surface area contributed by atoms with Crippen LogP contribution in [0.5, 0.6) is 11.5 Å². The van der Waals surface area contributed by atoms with Crippen LogP contribution in [-0.4, -0.2) is 28.8 Å². The van der Waals surface area contributed by atoms with Gasteiger partial charge in [-0.05, 0) is 41.8 Å². The summed E-state index contributed by atoms with van der Waals surface area (Å²) in [4.78, 5) is 9.28. The van der Waals surface area contributed by atoms with Gasteiger partial charge >= 0.3 is 0 Å². The van der Waals surface area contributed by atoms with Gasteiger partial charge in [-0.1, -0.05) is 13.0 Å². The number of rotatable bonds is 9. The molecule has 0 aliphatic rings. The van der Waals surface area contributed by atoms with E-state index in [1.54, 1.807) is 26.6 Å². The van der Waals surface area contributed by atoms with Gasteiger partial charge in [-0.15, -0.1) is 0 Å². The van der Waals surface area contributed by atoms with Crippen molar-refractivity contribution in [2.75, 3.05) is 24.9 Å². The van der Waals surface area contributed by atoms with Crippen LogP contribution in [0.25, 0.3) is 11.0 Å². The lowest BCUT2D eigenvalue weighted by Gasteiger charge is -2.14. The van der Waals surface area contributed by atoms with Gasteiger partial charge in [0.15, 0.2) is 5.82 Å². The van der Waals surface area contributed by atoms with Crippen molar-refractivity contribution in [1.29, 1.82) is 0 Å². The first-order valence-corrected chi connectivity index (χ1v) is 10.8. The first kappa shape index (κ1) is 22.4. The molecule has 0 saturated heterocycles. The molecule has 0 bridgehead atoms. The molecule has 2 heterocycles. The zero-order valence-electron chi connectivity index (χ0n) is 19.3. The first-order chi connectivity index (χ1) is 16.0. The second-order valence-electron chi connectivity index (χ2n) is 7.73. The second-order valence-corrected chi connectivity index (χ2v) is 7.73. The monoisotopic (exact) mass is 449 g/mol. The standard InChI is InChI=1S/C25H28FN5O2/c1-5-16-10-19(26)8-6-17(16)13-27-23-12-21-24(29-15-31(21)2)25(30-23)28-14-18-7-9-20(32-3)11-22(18)33-4/h6-12,15H,5,13-14H2,1-4H3,(H2,27,28,30). The number of aromatic nitrogens is 3. The number of nitrogens with one attached hydrogen (secondary N) is 2. The Morgan fingerprint density at radius 3 is 2.48 bits per heavy atom. The van der Waals surface area contributed by atoms with Crippen LogP contribution >= 0.6 is 0 Å². The van der Waals surface area contributed by atoms with Crippen LogP contribution in [0.15, 0.2) is 48.8 Å². The molecule has 0 unspecified atom stereocenters. The molecule has 0 fully saturated rings. The number of hydrogen-bond donors (Lipinski definition) is 2. The molecule has 2 aromatic heterocycles. The Morgan fingerprint density at radius 2 is 1.73 bits per heavy atom. The highest BCUT2D eigenvalue weighted by Crippen LogP contribution is 2.28. The van der Waals surface area contributed by atoms with Gasteiger partial charge in [-0.2, -0.15) is 0 Å². The van der Waals surface area contributed by atoms with Crippen molar-refractivity contribution in [3.8, 4) is 11.5 Å². The minimum Gasteiger partial charge on any atom is -0.497 e. The molecule has 0 spiro atoms. The van der Waals surface area contributed by atoms with Gasteiger partial charge in [0.25, 0.3) is 0 Å². The summed E-state index contributed by atoms with van der Waals surface area (Å²) in [5.74, 6) is 2.63. The Morgan fingerprint density at radius 1 is 0.939 bits per heavy atom. The number of fused-ring (bicyclic) bond motifs is 1. The summed E-state index contributed by atoms with van der Waals surface area (Å²) in [6.07, 6.45) is 2.53. The molecule has 172 valence electrons. The molecule has 0 radical (unpaired) electrons. The Hall–Kier alpha value is -3.81. The summed E-state index contributed by atoms with van der Waals surface area (Å²) in [5.41, 5.74) is 4.73. The van der Waals surface area contributed by atoms with Gasteiger partial charge in [0, 0.05) is 37.8 Å². The Labute approximate surface area is 192 Å². The summed E-state index contributed by atoms with van der Waals surface area (Å²) < 4.78 is 26.3. The molecular weight excluding hydrogens is 421 g/mol. The van der Waals surface area contributed by atoms with Crippen molar-refractivity contribution in [3.05, 3.63) is 71.3 Å². The molecule has 2 aromatic carbocycles. The number of aryl methyl sites for hydroxylation is 2. The Kier molecular flexibility index (Phi) is 6.63. The normalized spacial score (nSPS) is 10.9. The molecular formula is C25H28FN5O2. The molecule has 0 aliphatic carbocycles. The van der Waals surface area contributed by atoms with Crippen LogP contribution in [0.2, 0.25) is 0 Å². The minimum atomic E-state index is -0.217. The SMILES string of the molecule is CCc1cc(F)ccc1CNc1cc2c(ncn2C)c(NCc2ccc(OC)cc2OC)n1. The predicted molar refractivity (Wildman–Crippen MR) is 128 cm³/mol. The Balaban J connectivity index is 1.59. The van der Waals surface area contributed by atoms with E-state index in [1.165, 1.54) is 6.07 Å². The maximum atomic E-state index is 13.6. The molecule has 0 saturated carbocycles. The van der Waals surface area contributed by atoms with Crippen molar-refractivity contribution < 1.29 is 13.9 Å². The van der Waals surface area contributed by atoms with Crippen molar-refractivity contribution in [2.45, 2.75) is 26.4 Å². The highest BCUT2D eigenvalue weighted by Gasteiger charge is 2.13. The molecule has 4 rings (SSSR count). The number of nitrogens with zero attached hydrogens (tertiary/aromatic N) is 3. The zero-order chi connectivity index (χ0) is 23.4. The fourth-order valence-electron chi connectivity index (χ4n) is 3.80. The largest absolute Gasteiger partial charge is 0.497 e. The third kappa shape index (κ3) is 4.84. The summed E-state index contributed by atoms with van der Waals surface area (Å²) >= 11 is 0. The van der Waals surface area contributed by atoms with Crippen LogP contribution in [0.4, 0.5) is 16.0 Å². The smallest absolute Gasteiger partial charge is 0.156 e. The van der Waals surface area contributed by atoms with Crippen LogP contribution in [0.3, 0.4) is 0 Å². The summed E-state index contributed by atoms with van der Waals surface area (Å²) in [5, 5.41) is 6.79. The summed E-state index contributed by atoms with van der Waals surface area (Å²) in [6, 6.07) is 12.6. The number of benzene rings is 2. The molecule has 0 amide bonds. The number of pyridine rings is 1. The molecule has 7 nitrogen and oxygen atoms in total.